The molecular formula is C18H16ClN3O3. The van der Waals surface area contributed by atoms with Gasteiger partial charge in [0.05, 0.1) is 11.6 Å². The standard InChI is InChI=1S/C18H16ClN3O3/c1-10-15(17(24)21-13-7-5-12(19)6-8-13)16(22-18(25)20-10)11-3-2-4-14(23)9-11/h2-9,16,23H,1H3,(H,21,24)(H2,20,22,25). The topological polar surface area (TPSA) is 90.5 Å². The maximum Gasteiger partial charge on any atom is 0.319 e. The first kappa shape index (κ1) is 16.9. The number of hydrogen-bond acceptors (Lipinski definition) is 3. The van der Waals surface area contributed by atoms with E-state index in [1.165, 1.54) is 12.1 Å². The molecule has 0 spiro atoms. The van der Waals surface area contributed by atoms with Gasteiger partial charge < -0.3 is 21.1 Å². The lowest BCUT2D eigenvalue weighted by molar-refractivity contribution is -0.113. The van der Waals surface area contributed by atoms with E-state index in [4.69, 9.17) is 11.6 Å². The summed E-state index contributed by atoms with van der Waals surface area (Å²) in [5.41, 5.74) is 2.00. The van der Waals surface area contributed by atoms with E-state index >= 15 is 0 Å². The van der Waals surface area contributed by atoms with Crippen molar-refractivity contribution in [2.75, 3.05) is 5.32 Å². The van der Waals surface area contributed by atoms with Crippen molar-refractivity contribution < 1.29 is 14.7 Å². The number of phenols is 1. The molecule has 0 bridgehead atoms. The molecule has 1 aliphatic rings. The smallest absolute Gasteiger partial charge is 0.319 e. The van der Waals surface area contributed by atoms with Gasteiger partial charge in [-0.05, 0) is 48.9 Å². The predicted molar refractivity (Wildman–Crippen MR) is 95.3 cm³/mol. The van der Waals surface area contributed by atoms with Gasteiger partial charge in [-0.15, -0.1) is 0 Å². The molecule has 128 valence electrons. The minimum absolute atomic E-state index is 0.0559. The Labute approximate surface area is 149 Å². The number of urea groups is 1. The van der Waals surface area contributed by atoms with Gasteiger partial charge in [-0.3, -0.25) is 4.79 Å². The van der Waals surface area contributed by atoms with Gasteiger partial charge >= 0.3 is 6.03 Å². The molecule has 0 fully saturated rings. The predicted octanol–water partition coefficient (Wildman–Crippen LogP) is 3.31. The first-order chi connectivity index (χ1) is 11.9. The molecule has 6 nitrogen and oxygen atoms in total. The molecule has 0 radical (unpaired) electrons. The lowest BCUT2D eigenvalue weighted by Crippen LogP contribution is -2.45. The molecule has 0 saturated carbocycles. The fourth-order valence-electron chi connectivity index (χ4n) is 2.68. The van der Waals surface area contributed by atoms with Crippen molar-refractivity contribution in [1.82, 2.24) is 10.6 Å². The Balaban J connectivity index is 1.94. The Hall–Kier alpha value is -2.99. The zero-order valence-corrected chi connectivity index (χ0v) is 14.1. The van der Waals surface area contributed by atoms with E-state index in [9.17, 15) is 14.7 Å². The summed E-state index contributed by atoms with van der Waals surface area (Å²) in [4.78, 5) is 24.6. The zero-order chi connectivity index (χ0) is 18.0. The lowest BCUT2D eigenvalue weighted by Gasteiger charge is -2.28. The molecule has 2 aromatic rings. The number of rotatable bonds is 3. The second-order valence-electron chi connectivity index (χ2n) is 5.63. The van der Waals surface area contributed by atoms with Crippen LogP contribution in [0.3, 0.4) is 0 Å². The first-order valence-corrected chi connectivity index (χ1v) is 7.96. The number of halogens is 1. The van der Waals surface area contributed by atoms with Gasteiger partial charge in [-0.25, -0.2) is 4.79 Å². The third kappa shape index (κ3) is 3.75. The Bertz CT molecular complexity index is 862. The van der Waals surface area contributed by atoms with Crippen molar-refractivity contribution in [3.05, 3.63) is 70.4 Å². The average Bonchev–Trinajstić information content (AvgIpc) is 2.56. The number of amides is 3. The fraction of sp³-hybridized carbons (Fsp3) is 0.111. The Morgan fingerprint density at radius 1 is 1.20 bits per heavy atom. The van der Waals surface area contributed by atoms with E-state index in [-0.39, 0.29) is 11.7 Å². The number of carbonyl (C=O) groups excluding carboxylic acids is 2. The van der Waals surface area contributed by atoms with Gasteiger partial charge in [-0.2, -0.15) is 0 Å². The quantitative estimate of drug-likeness (QED) is 0.679. The highest BCUT2D eigenvalue weighted by Gasteiger charge is 2.31. The number of carbonyl (C=O) groups is 2. The summed E-state index contributed by atoms with van der Waals surface area (Å²) in [6, 6.07) is 12.1. The van der Waals surface area contributed by atoms with E-state index in [1.807, 2.05) is 0 Å². The molecule has 0 aliphatic carbocycles. The Morgan fingerprint density at radius 2 is 1.92 bits per heavy atom. The van der Waals surface area contributed by atoms with E-state index in [0.29, 0.717) is 27.5 Å². The molecule has 1 atom stereocenters. The van der Waals surface area contributed by atoms with Crippen LogP contribution in [0.1, 0.15) is 18.5 Å². The van der Waals surface area contributed by atoms with Crippen LogP contribution in [0.15, 0.2) is 59.8 Å². The van der Waals surface area contributed by atoms with Gasteiger partial charge in [0.25, 0.3) is 5.91 Å². The average molecular weight is 358 g/mol. The van der Waals surface area contributed by atoms with Crippen LogP contribution in [0.2, 0.25) is 5.02 Å². The van der Waals surface area contributed by atoms with E-state index < -0.39 is 12.1 Å². The molecular weight excluding hydrogens is 342 g/mol. The molecule has 3 rings (SSSR count). The second kappa shape index (κ2) is 6.86. The summed E-state index contributed by atoms with van der Waals surface area (Å²) in [7, 11) is 0. The largest absolute Gasteiger partial charge is 0.508 e. The summed E-state index contributed by atoms with van der Waals surface area (Å²) in [6.45, 7) is 1.66. The molecule has 1 heterocycles. The Morgan fingerprint density at radius 3 is 2.60 bits per heavy atom. The van der Waals surface area contributed by atoms with Crippen molar-refractivity contribution in [3.63, 3.8) is 0 Å². The zero-order valence-electron chi connectivity index (χ0n) is 13.3. The molecule has 0 saturated heterocycles. The lowest BCUT2D eigenvalue weighted by atomic mass is 9.94. The third-order valence-corrected chi connectivity index (χ3v) is 4.07. The highest BCUT2D eigenvalue weighted by Crippen LogP contribution is 2.29. The first-order valence-electron chi connectivity index (χ1n) is 7.58. The van der Waals surface area contributed by atoms with Crippen molar-refractivity contribution in [3.8, 4) is 5.75 Å². The van der Waals surface area contributed by atoms with Gasteiger partial charge in [-0.1, -0.05) is 23.7 Å². The van der Waals surface area contributed by atoms with Gasteiger partial charge in [0, 0.05) is 16.4 Å². The monoisotopic (exact) mass is 357 g/mol. The number of allylic oxidation sites excluding steroid dienone is 1. The minimum Gasteiger partial charge on any atom is -0.508 e. The molecule has 2 aromatic carbocycles. The summed E-state index contributed by atoms with van der Waals surface area (Å²) in [6.07, 6.45) is 0. The number of hydrogen-bond donors (Lipinski definition) is 4. The highest BCUT2D eigenvalue weighted by molar-refractivity contribution is 6.30. The van der Waals surface area contributed by atoms with Crippen LogP contribution in [0.5, 0.6) is 5.75 Å². The molecule has 25 heavy (non-hydrogen) atoms. The summed E-state index contributed by atoms with van der Waals surface area (Å²) in [5.74, 6) is -0.305. The van der Waals surface area contributed by atoms with Crippen LogP contribution in [-0.2, 0) is 4.79 Å². The molecule has 3 amide bonds. The van der Waals surface area contributed by atoms with Gasteiger partial charge in [0.1, 0.15) is 5.75 Å². The second-order valence-corrected chi connectivity index (χ2v) is 6.06. The van der Waals surface area contributed by atoms with Crippen molar-refractivity contribution in [2.45, 2.75) is 13.0 Å². The highest BCUT2D eigenvalue weighted by atomic mass is 35.5. The van der Waals surface area contributed by atoms with Crippen LogP contribution < -0.4 is 16.0 Å². The van der Waals surface area contributed by atoms with Crippen molar-refractivity contribution in [2.24, 2.45) is 0 Å². The number of benzene rings is 2. The molecule has 1 aliphatic heterocycles. The number of nitrogens with one attached hydrogen (secondary N) is 3. The van der Waals surface area contributed by atoms with Crippen LogP contribution in [0.4, 0.5) is 10.5 Å². The van der Waals surface area contributed by atoms with Gasteiger partial charge in [0.15, 0.2) is 0 Å². The normalized spacial score (nSPS) is 16.9. The summed E-state index contributed by atoms with van der Waals surface area (Å²) >= 11 is 5.85. The number of phenolic OH excluding ortho intramolecular Hbond substituents is 1. The maximum atomic E-state index is 12.8. The molecule has 4 N–H and O–H groups in total. The third-order valence-electron chi connectivity index (χ3n) is 3.82. The Kier molecular flexibility index (Phi) is 4.63. The number of anilines is 1. The van der Waals surface area contributed by atoms with E-state index in [0.717, 1.165) is 0 Å². The molecule has 1 unspecified atom stereocenters. The van der Waals surface area contributed by atoms with E-state index in [1.54, 1.807) is 43.3 Å². The van der Waals surface area contributed by atoms with Gasteiger partial charge in [0.2, 0.25) is 0 Å². The summed E-state index contributed by atoms with van der Waals surface area (Å²) in [5, 5.41) is 18.4. The van der Waals surface area contributed by atoms with Crippen LogP contribution in [-0.4, -0.2) is 17.0 Å². The van der Waals surface area contributed by atoms with Crippen molar-refractivity contribution in [1.29, 1.82) is 0 Å². The number of aromatic hydroxyl groups is 1. The molecule has 7 heteroatoms. The van der Waals surface area contributed by atoms with E-state index in [2.05, 4.69) is 16.0 Å². The molecule has 0 aromatic heterocycles. The van der Waals surface area contributed by atoms with Crippen LogP contribution in [0, 0.1) is 0 Å². The van der Waals surface area contributed by atoms with Crippen LogP contribution >= 0.6 is 11.6 Å². The maximum absolute atomic E-state index is 12.8. The van der Waals surface area contributed by atoms with Crippen LogP contribution in [0.25, 0.3) is 0 Å². The van der Waals surface area contributed by atoms with Crippen molar-refractivity contribution >= 4 is 29.2 Å². The minimum atomic E-state index is -0.673. The fourth-order valence-corrected chi connectivity index (χ4v) is 2.81. The summed E-state index contributed by atoms with van der Waals surface area (Å²) < 4.78 is 0. The SMILES string of the molecule is CC1=C(C(=O)Nc2ccc(Cl)cc2)C(c2cccc(O)c2)NC(=O)N1.